The number of aromatic nitrogens is 2. The molecule has 0 fully saturated rings. The summed E-state index contributed by atoms with van der Waals surface area (Å²) < 4.78 is 21.4. The molecule has 1 heterocycles. The number of nitrogens with zero attached hydrogens (tertiary/aromatic N) is 2. The number of fused-ring (bicyclic) bond motifs is 1. The van der Waals surface area contributed by atoms with Gasteiger partial charge in [-0.05, 0) is 54.3 Å². The zero-order valence-electron chi connectivity index (χ0n) is 19.4. The third kappa shape index (κ3) is 4.50. The summed E-state index contributed by atoms with van der Waals surface area (Å²) in [5, 5.41) is 2.70. The second-order valence-electron chi connectivity index (χ2n) is 7.72. The van der Waals surface area contributed by atoms with Crippen molar-refractivity contribution in [1.29, 1.82) is 0 Å². The van der Waals surface area contributed by atoms with Gasteiger partial charge >= 0.3 is 0 Å². The lowest BCUT2D eigenvalue weighted by Gasteiger charge is -2.24. The zero-order valence-corrected chi connectivity index (χ0v) is 19.4. The molecule has 0 radical (unpaired) electrons. The number of hydrogen-bond donors (Lipinski definition) is 1. The molecule has 9 heteroatoms. The van der Waals surface area contributed by atoms with Crippen LogP contribution >= 0.6 is 0 Å². The van der Waals surface area contributed by atoms with Crippen LogP contribution in [0.1, 0.15) is 44.3 Å². The van der Waals surface area contributed by atoms with E-state index in [4.69, 9.17) is 18.9 Å². The Labute approximate surface area is 197 Å². The van der Waals surface area contributed by atoms with Gasteiger partial charge in [-0.3, -0.25) is 14.9 Å². The normalized spacial score (nSPS) is 14.7. The molecule has 34 heavy (non-hydrogen) atoms. The highest BCUT2D eigenvalue weighted by molar-refractivity contribution is 6.03. The highest BCUT2D eigenvalue weighted by Crippen LogP contribution is 2.42. The predicted octanol–water partition coefficient (Wildman–Crippen LogP) is 3.68. The lowest BCUT2D eigenvalue weighted by Crippen LogP contribution is -2.22. The lowest BCUT2D eigenvalue weighted by molar-refractivity contribution is 0.0962. The minimum absolute atomic E-state index is 0.0620. The largest absolute Gasteiger partial charge is 0.497 e. The third-order valence-corrected chi connectivity index (χ3v) is 5.78. The van der Waals surface area contributed by atoms with Crippen molar-refractivity contribution < 1.29 is 28.5 Å². The summed E-state index contributed by atoms with van der Waals surface area (Å²) in [5.41, 5.74) is 2.35. The van der Waals surface area contributed by atoms with E-state index in [0.717, 1.165) is 5.56 Å². The van der Waals surface area contributed by atoms with Gasteiger partial charge in [0.1, 0.15) is 5.75 Å². The molecule has 1 aliphatic rings. The summed E-state index contributed by atoms with van der Waals surface area (Å²) in [6, 6.07) is 10.4. The lowest BCUT2D eigenvalue weighted by atomic mass is 9.82. The number of ether oxygens (including phenoxy) is 4. The molecule has 4 rings (SSSR count). The van der Waals surface area contributed by atoms with Crippen LogP contribution in [0.3, 0.4) is 0 Å². The Hall–Kier alpha value is -4.14. The predicted molar refractivity (Wildman–Crippen MR) is 124 cm³/mol. The highest BCUT2D eigenvalue weighted by Gasteiger charge is 2.30. The molecule has 0 bridgehead atoms. The summed E-state index contributed by atoms with van der Waals surface area (Å²) in [4.78, 5) is 34.1. The van der Waals surface area contributed by atoms with Crippen molar-refractivity contribution in [2.24, 2.45) is 0 Å². The van der Waals surface area contributed by atoms with Crippen molar-refractivity contribution in [3.63, 3.8) is 0 Å². The molecule has 1 atom stereocenters. The first-order valence-electron chi connectivity index (χ1n) is 10.6. The molecule has 9 nitrogen and oxygen atoms in total. The van der Waals surface area contributed by atoms with Crippen LogP contribution in [-0.2, 0) is 6.42 Å². The Morgan fingerprint density at radius 2 is 1.62 bits per heavy atom. The van der Waals surface area contributed by atoms with Crippen LogP contribution in [0.4, 0.5) is 5.95 Å². The fourth-order valence-electron chi connectivity index (χ4n) is 3.99. The molecule has 1 aromatic heterocycles. The first-order valence-corrected chi connectivity index (χ1v) is 10.6. The number of hydrogen-bond acceptors (Lipinski definition) is 8. The number of ketones is 1. The quantitative estimate of drug-likeness (QED) is 0.565. The van der Waals surface area contributed by atoms with Crippen LogP contribution in [-0.4, -0.2) is 50.1 Å². The number of carbonyl (C=O) groups is 2. The molecule has 0 spiro atoms. The van der Waals surface area contributed by atoms with Gasteiger partial charge in [0.05, 0.1) is 39.7 Å². The van der Waals surface area contributed by atoms with Crippen LogP contribution in [0.15, 0.2) is 42.6 Å². The van der Waals surface area contributed by atoms with E-state index in [2.05, 4.69) is 15.3 Å². The second-order valence-corrected chi connectivity index (χ2v) is 7.72. The summed E-state index contributed by atoms with van der Waals surface area (Å²) >= 11 is 0. The molecule has 1 amide bonds. The fourth-order valence-corrected chi connectivity index (χ4v) is 3.99. The van der Waals surface area contributed by atoms with Crippen LogP contribution in [0, 0.1) is 0 Å². The van der Waals surface area contributed by atoms with Crippen LogP contribution < -0.4 is 24.3 Å². The van der Waals surface area contributed by atoms with E-state index in [1.54, 1.807) is 52.7 Å². The third-order valence-electron chi connectivity index (χ3n) is 5.78. The average molecular weight is 463 g/mol. The van der Waals surface area contributed by atoms with Gasteiger partial charge in [-0.1, -0.05) is 0 Å². The molecule has 176 valence electrons. The standard InChI is InChI=1S/C25H25N3O6/c1-31-17-7-5-14(6-8-17)24(30)28-25-26-13-18-19(27-25)9-15(10-20(18)29)16-11-21(32-2)23(34-4)22(12-16)33-3/h5-8,11-13,15H,9-10H2,1-4H3,(H,26,27,28,30)/t15-/m0/s1. The summed E-state index contributed by atoms with van der Waals surface area (Å²) in [7, 11) is 6.20. The van der Waals surface area contributed by atoms with E-state index in [1.807, 2.05) is 12.1 Å². The molecule has 0 unspecified atom stereocenters. The highest BCUT2D eigenvalue weighted by atomic mass is 16.5. The topological polar surface area (TPSA) is 109 Å². The molecule has 2 aromatic carbocycles. The number of methoxy groups -OCH3 is 4. The number of benzene rings is 2. The number of amides is 1. The smallest absolute Gasteiger partial charge is 0.258 e. The molecule has 3 aromatic rings. The molecule has 0 aliphatic heterocycles. The van der Waals surface area contributed by atoms with Crippen molar-refractivity contribution in [2.45, 2.75) is 18.8 Å². The average Bonchev–Trinajstić information content (AvgIpc) is 2.87. The second kappa shape index (κ2) is 9.78. The van der Waals surface area contributed by atoms with E-state index in [0.29, 0.717) is 52.7 Å². The Morgan fingerprint density at radius 1 is 0.941 bits per heavy atom. The van der Waals surface area contributed by atoms with Gasteiger partial charge in [0.25, 0.3) is 5.91 Å². The summed E-state index contributed by atoms with van der Waals surface area (Å²) in [6.45, 7) is 0. The van der Waals surface area contributed by atoms with Crippen molar-refractivity contribution >= 4 is 17.6 Å². The van der Waals surface area contributed by atoms with Crippen LogP contribution in [0.25, 0.3) is 0 Å². The van der Waals surface area contributed by atoms with Crippen molar-refractivity contribution in [1.82, 2.24) is 9.97 Å². The maximum absolute atomic E-state index is 12.9. The van der Waals surface area contributed by atoms with Gasteiger partial charge in [-0.15, -0.1) is 0 Å². The molecule has 0 saturated carbocycles. The Bertz CT molecular complexity index is 1200. The van der Waals surface area contributed by atoms with Gasteiger partial charge in [0.15, 0.2) is 17.3 Å². The molecule has 1 N–H and O–H groups in total. The van der Waals surface area contributed by atoms with Gasteiger partial charge in [-0.2, -0.15) is 0 Å². The summed E-state index contributed by atoms with van der Waals surface area (Å²) in [5.74, 6) is 1.75. The van der Waals surface area contributed by atoms with Gasteiger partial charge in [-0.25, -0.2) is 9.97 Å². The van der Waals surface area contributed by atoms with Crippen LogP contribution in [0.2, 0.25) is 0 Å². The van der Waals surface area contributed by atoms with Gasteiger partial charge < -0.3 is 18.9 Å². The van der Waals surface area contributed by atoms with E-state index in [-0.39, 0.29) is 23.6 Å². The number of anilines is 1. The number of nitrogens with one attached hydrogen (secondary N) is 1. The summed E-state index contributed by atoms with van der Waals surface area (Å²) in [6.07, 6.45) is 2.26. The van der Waals surface area contributed by atoms with Crippen molar-refractivity contribution in [3.8, 4) is 23.0 Å². The monoisotopic (exact) mass is 463 g/mol. The first-order chi connectivity index (χ1) is 16.5. The maximum Gasteiger partial charge on any atom is 0.258 e. The number of carbonyl (C=O) groups excluding carboxylic acids is 2. The maximum atomic E-state index is 12.9. The van der Waals surface area contributed by atoms with Crippen molar-refractivity contribution in [3.05, 3.63) is 65.0 Å². The SMILES string of the molecule is COc1ccc(C(=O)Nc2ncc3c(n2)C[C@H](c2cc(OC)c(OC)c(OC)c2)CC3=O)cc1. The van der Waals surface area contributed by atoms with Gasteiger partial charge in [0.2, 0.25) is 11.7 Å². The molecular formula is C25H25N3O6. The Kier molecular flexibility index (Phi) is 6.62. The van der Waals surface area contributed by atoms with Gasteiger partial charge in [0, 0.05) is 18.2 Å². The molecule has 0 saturated heterocycles. The van der Waals surface area contributed by atoms with E-state index in [1.165, 1.54) is 6.20 Å². The van der Waals surface area contributed by atoms with Crippen molar-refractivity contribution in [2.75, 3.05) is 33.8 Å². The van der Waals surface area contributed by atoms with E-state index >= 15 is 0 Å². The molecule has 1 aliphatic carbocycles. The van der Waals surface area contributed by atoms with Crippen LogP contribution in [0.5, 0.6) is 23.0 Å². The Balaban J connectivity index is 1.59. The minimum atomic E-state index is -0.356. The van der Waals surface area contributed by atoms with E-state index < -0.39 is 0 Å². The molecular weight excluding hydrogens is 438 g/mol. The minimum Gasteiger partial charge on any atom is -0.497 e. The zero-order chi connectivity index (χ0) is 24.2. The number of rotatable bonds is 7. The number of Topliss-reactive ketones (excluding diaryl/α,β-unsaturated/α-hetero) is 1. The fraction of sp³-hybridized carbons (Fsp3) is 0.280. The Morgan fingerprint density at radius 3 is 2.21 bits per heavy atom. The first kappa shape index (κ1) is 23.0. The van der Waals surface area contributed by atoms with E-state index in [9.17, 15) is 9.59 Å².